The molecule has 0 atom stereocenters. The van der Waals surface area contributed by atoms with Crippen LogP contribution in [0.25, 0.3) is 0 Å². The van der Waals surface area contributed by atoms with E-state index in [1.165, 1.54) is 5.56 Å². The average molecular weight is 384 g/mol. The Hall–Kier alpha value is -1.75. The van der Waals surface area contributed by atoms with E-state index in [9.17, 15) is 4.79 Å². The first kappa shape index (κ1) is 23.2. The minimum atomic E-state index is 0. The molecule has 3 N–H and O–H groups in total. The quantitative estimate of drug-likeness (QED) is 0.720. The predicted octanol–water partition coefficient (Wildman–Crippen LogP) is 3.42. The van der Waals surface area contributed by atoms with Gasteiger partial charge in [0, 0.05) is 25.2 Å². The fourth-order valence-corrected chi connectivity index (χ4v) is 2.50. The molecule has 4 nitrogen and oxygen atoms in total. The summed E-state index contributed by atoms with van der Waals surface area (Å²) in [6.45, 7) is 1.46. The second-order valence-corrected chi connectivity index (χ2v) is 6.03. The average Bonchev–Trinajstić information content (AvgIpc) is 2.52. The Kier molecular flexibility index (Phi) is 10.9. The van der Waals surface area contributed by atoms with Gasteiger partial charge in [-0.05, 0) is 43.3 Å². The molecule has 0 fully saturated rings. The monoisotopic (exact) mass is 383 g/mol. The van der Waals surface area contributed by atoms with Crippen molar-refractivity contribution in [3.8, 4) is 0 Å². The fraction of sp³-hybridized carbons (Fsp3) is 0.316. The summed E-state index contributed by atoms with van der Waals surface area (Å²) in [7, 11) is 4.09. The van der Waals surface area contributed by atoms with Crippen LogP contribution in [0, 0.1) is 0 Å². The van der Waals surface area contributed by atoms with Crippen LogP contribution in [0.4, 0.5) is 5.69 Å². The molecule has 138 valence electrons. The van der Waals surface area contributed by atoms with Crippen LogP contribution < -0.4 is 11.1 Å². The van der Waals surface area contributed by atoms with Crippen molar-refractivity contribution in [2.45, 2.75) is 25.9 Å². The van der Waals surface area contributed by atoms with Crippen molar-refractivity contribution < 1.29 is 4.79 Å². The highest BCUT2D eigenvalue weighted by Crippen LogP contribution is 2.12. The number of aryl methyl sites for hydroxylation is 1. The number of nitrogen functional groups attached to an aromatic ring is 1. The van der Waals surface area contributed by atoms with Crippen LogP contribution in [0.2, 0.25) is 0 Å². The summed E-state index contributed by atoms with van der Waals surface area (Å²) >= 11 is 0. The molecule has 0 aromatic heterocycles. The maximum atomic E-state index is 12.0. The van der Waals surface area contributed by atoms with Gasteiger partial charge in [-0.15, -0.1) is 24.8 Å². The molecule has 0 radical (unpaired) electrons. The lowest BCUT2D eigenvalue weighted by atomic mass is 10.1. The van der Waals surface area contributed by atoms with Crippen LogP contribution in [0.5, 0.6) is 0 Å². The fourth-order valence-electron chi connectivity index (χ4n) is 2.50. The van der Waals surface area contributed by atoms with E-state index >= 15 is 0 Å². The highest BCUT2D eigenvalue weighted by atomic mass is 35.5. The number of benzene rings is 2. The predicted molar refractivity (Wildman–Crippen MR) is 109 cm³/mol. The molecule has 0 aliphatic carbocycles. The van der Waals surface area contributed by atoms with Crippen molar-refractivity contribution in [2.24, 2.45) is 0 Å². The molecule has 1 amide bonds. The number of halogens is 2. The molecular formula is C19H27Cl2N3O. The summed E-state index contributed by atoms with van der Waals surface area (Å²) in [6, 6.07) is 16.0. The Morgan fingerprint density at radius 1 is 1.04 bits per heavy atom. The third-order valence-corrected chi connectivity index (χ3v) is 3.66. The summed E-state index contributed by atoms with van der Waals surface area (Å²) in [6.07, 6.45) is 1.12. The van der Waals surface area contributed by atoms with E-state index in [0.717, 1.165) is 23.4 Å². The Balaban J connectivity index is 0.00000288. The van der Waals surface area contributed by atoms with Crippen molar-refractivity contribution in [1.29, 1.82) is 0 Å². The second kappa shape index (κ2) is 11.7. The Morgan fingerprint density at radius 2 is 1.72 bits per heavy atom. The zero-order chi connectivity index (χ0) is 16.7. The van der Waals surface area contributed by atoms with E-state index in [1.54, 1.807) is 0 Å². The van der Waals surface area contributed by atoms with Crippen molar-refractivity contribution in [3.05, 3.63) is 65.2 Å². The maximum Gasteiger partial charge on any atom is 0.220 e. The molecule has 0 heterocycles. The maximum absolute atomic E-state index is 12.0. The summed E-state index contributed by atoms with van der Waals surface area (Å²) in [5.41, 5.74) is 10.0. The van der Waals surface area contributed by atoms with E-state index in [4.69, 9.17) is 5.73 Å². The number of rotatable bonds is 7. The summed E-state index contributed by atoms with van der Waals surface area (Å²) in [5.74, 6) is 0.0475. The third kappa shape index (κ3) is 8.25. The van der Waals surface area contributed by atoms with Crippen LogP contribution >= 0.6 is 24.8 Å². The number of nitrogens with zero attached hydrogens (tertiary/aromatic N) is 1. The summed E-state index contributed by atoms with van der Waals surface area (Å²) in [5, 5.41) is 2.98. The van der Waals surface area contributed by atoms with Gasteiger partial charge in [0.25, 0.3) is 0 Å². The van der Waals surface area contributed by atoms with Gasteiger partial charge < -0.3 is 16.0 Å². The number of hydrogen-bond acceptors (Lipinski definition) is 3. The van der Waals surface area contributed by atoms with Gasteiger partial charge in [0.2, 0.25) is 5.91 Å². The number of anilines is 1. The van der Waals surface area contributed by atoms with Gasteiger partial charge >= 0.3 is 0 Å². The first-order valence-corrected chi connectivity index (χ1v) is 7.87. The zero-order valence-electron chi connectivity index (χ0n) is 14.7. The molecule has 6 heteroatoms. The van der Waals surface area contributed by atoms with Gasteiger partial charge in [-0.1, -0.05) is 42.5 Å². The Labute approximate surface area is 162 Å². The molecule has 2 aromatic carbocycles. The Bertz CT molecular complexity index is 663. The number of nitrogens with one attached hydrogen (secondary N) is 1. The van der Waals surface area contributed by atoms with Gasteiger partial charge in [-0.3, -0.25) is 4.79 Å². The van der Waals surface area contributed by atoms with Crippen molar-refractivity contribution in [2.75, 3.05) is 19.8 Å². The number of nitrogens with two attached hydrogens (primary N) is 1. The first-order chi connectivity index (χ1) is 11.0. The van der Waals surface area contributed by atoms with Crippen LogP contribution in [0.1, 0.15) is 23.1 Å². The van der Waals surface area contributed by atoms with E-state index in [1.807, 2.05) is 50.5 Å². The number of carbonyl (C=O) groups excluding carboxylic acids is 1. The van der Waals surface area contributed by atoms with E-state index in [-0.39, 0.29) is 30.7 Å². The van der Waals surface area contributed by atoms with Crippen molar-refractivity contribution in [3.63, 3.8) is 0 Å². The molecule has 0 bridgehead atoms. The van der Waals surface area contributed by atoms with Gasteiger partial charge in [0.05, 0.1) is 0 Å². The summed E-state index contributed by atoms with van der Waals surface area (Å²) < 4.78 is 0. The van der Waals surface area contributed by atoms with Gasteiger partial charge in [0.15, 0.2) is 0 Å². The minimum absolute atomic E-state index is 0. The zero-order valence-corrected chi connectivity index (χ0v) is 16.3. The van der Waals surface area contributed by atoms with Crippen LogP contribution in [0.15, 0.2) is 48.5 Å². The summed E-state index contributed by atoms with van der Waals surface area (Å²) in [4.78, 5) is 14.1. The molecule has 0 unspecified atom stereocenters. The van der Waals surface area contributed by atoms with Crippen LogP contribution in [-0.4, -0.2) is 24.9 Å². The lowest BCUT2D eigenvalue weighted by Gasteiger charge is -2.11. The molecule has 0 aliphatic heterocycles. The number of amides is 1. The topological polar surface area (TPSA) is 58.4 Å². The number of para-hydroxylation sites is 1. The highest BCUT2D eigenvalue weighted by molar-refractivity contribution is 5.85. The molecule has 2 aromatic rings. The minimum Gasteiger partial charge on any atom is -0.399 e. The Morgan fingerprint density at radius 3 is 2.40 bits per heavy atom. The second-order valence-electron chi connectivity index (χ2n) is 6.03. The largest absolute Gasteiger partial charge is 0.399 e. The first-order valence-electron chi connectivity index (χ1n) is 7.87. The standard InChI is InChI=1S/C19H25N3O.2ClH/c1-22(2)14-16-7-5-6-15(12-16)13-21-19(23)11-10-17-8-3-4-9-18(17)20;;/h3-9,12H,10-11,13-14,20H2,1-2H3,(H,21,23);2*1H. The SMILES string of the molecule is CN(C)Cc1cccc(CNC(=O)CCc2ccccc2N)c1.Cl.Cl. The van der Waals surface area contributed by atoms with E-state index in [0.29, 0.717) is 19.4 Å². The van der Waals surface area contributed by atoms with Crippen LogP contribution in [0.3, 0.4) is 0 Å². The number of hydrogen-bond donors (Lipinski definition) is 2. The highest BCUT2D eigenvalue weighted by Gasteiger charge is 2.05. The van der Waals surface area contributed by atoms with Crippen molar-refractivity contribution >= 4 is 36.4 Å². The lowest BCUT2D eigenvalue weighted by Crippen LogP contribution is -2.23. The molecule has 0 aliphatic rings. The number of carbonyl (C=O) groups is 1. The molecule has 0 saturated heterocycles. The van der Waals surface area contributed by atoms with Gasteiger partial charge in [-0.25, -0.2) is 0 Å². The molecule has 0 spiro atoms. The normalized spacial score (nSPS) is 9.88. The smallest absolute Gasteiger partial charge is 0.220 e. The third-order valence-electron chi connectivity index (χ3n) is 3.66. The molecule has 2 rings (SSSR count). The lowest BCUT2D eigenvalue weighted by molar-refractivity contribution is -0.121. The van der Waals surface area contributed by atoms with Gasteiger partial charge in [0.1, 0.15) is 0 Å². The van der Waals surface area contributed by atoms with Crippen molar-refractivity contribution in [1.82, 2.24) is 10.2 Å². The molecule has 25 heavy (non-hydrogen) atoms. The molecular weight excluding hydrogens is 357 g/mol. The van der Waals surface area contributed by atoms with E-state index < -0.39 is 0 Å². The van der Waals surface area contributed by atoms with Crippen LogP contribution in [-0.2, 0) is 24.3 Å². The molecule has 0 saturated carbocycles. The van der Waals surface area contributed by atoms with E-state index in [2.05, 4.69) is 22.3 Å². The van der Waals surface area contributed by atoms with Gasteiger partial charge in [-0.2, -0.15) is 0 Å².